The third kappa shape index (κ3) is 4.79. The average Bonchev–Trinajstić information content (AvgIpc) is 3.27. The summed E-state index contributed by atoms with van der Waals surface area (Å²) in [6, 6.07) is 14.6. The highest BCUT2D eigenvalue weighted by Crippen LogP contribution is 2.42. The molecule has 0 spiro atoms. The van der Waals surface area contributed by atoms with Gasteiger partial charge in [-0.2, -0.15) is 0 Å². The van der Waals surface area contributed by atoms with Gasteiger partial charge in [-0.1, -0.05) is 48.9 Å². The molecule has 2 aromatic carbocycles. The number of ether oxygens (including phenoxy) is 1. The maximum Gasteiger partial charge on any atom is 0.341 e. The van der Waals surface area contributed by atoms with Gasteiger partial charge in [0, 0.05) is 30.0 Å². The minimum atomic E-state index is -1.07. The Morgan fingerprint density at radius 1 is 1.28 bits per heavy atom. The van der Waals surface area contributed by atoms with Crippen molar-refractivity contribution in [3.8, 4) is 5.75 Å². The molecule has 2 atom stereocenters. The molecule has 2 unspecified atom stereocenters. The van der Waals surface area contributed by atoms with Gasteiger partial charge >= 0.3 is 5.97 Å². The molecule has 4 rings (SSSR count). The summed E-state index contributed by atoms with van der Waals surface area (Å²) in [5.74, 6) is -0.585. The highest BCUT2D eigenvalue weighted by molar-refractivity contribution is 7.09. The molecule has 166 valence electrons. The van der Waals surface area contributed by atoms with Crippen LogP contribution in [0, 0.1) is 0 Å². The van der Waals surface area contributed by atoms with Crippen molar-refractivity contribution < 1.29 is 19.4 Å². The summed E-state index contributed by atoms with van der Waals surface area (Å²) in [5.41, 5.74) is 4.51. The van der Waals surface area contributed by atoms with Gasteiger partial charge in [-0.25, -0.2) is 9.78 Å². The predicted molar refractivity (Wildman–Crippen MR) is 123 cm³/mol. The van der Waals surface area contributed by atoms with E-state index in [9.17, 15) is 9.59 Å². The zero-order chi connectivity index (χ0) is 22.7. The van der Waals surface area contributed by atoms with Gasteiger partial charge in [0.1, 0.15) is 5.75 Å². The first-order valence-corrected chi connectivity index (χ1v) is 11.6. The lowest BCUT2D eigenvalue weighted by atomic mass is 9.93. The van der Waals surface area contributed by atoms with Gasteiger partial charge in [-0.3, -0.25) is 4.79 Å². The molecule has 1 aromatic heterocycles. The van der Waals surface area contributed by atoms with Crippen LogP contribution in [0.1, 0.15) is 47.0 Å². The van der Waals surface area contributed by atoms with E-state index in [1.807, 2.05) is 42.2 Å². The molecule has 32 heavy (non-hydrogen) atoms. The smallest absolute Gasteiger partial charge is 0.341 e. The second kappa shape index (κ2) is 9.71. The van der Waals surface area contributed by atoms with Crippen LogP contribution >= 0.6 is 22.9 Å². The number of nitrogens with zero attached hydrogens (tertiary/aromatic N) is 2. The Hall–Kier alpha value is -2.90. The normalized spacial score (nSPS) is 16.3. The number of hydrogen-bond acceptors (Lipinski definition) is 5. The summed E-state index contributed by atoms with van der Waals surface area (Å²) in [5, 5.41) is 9.57. The van der Waals surface area contributed by atoms with E-state index >= 15 is 0 Å². The number of thiazole rings is 1. The van der Waals surface area contributed by atoms with Gasteiger partial charge in [0.25, 0.3) is 0 Å². The number of rotatable bonds is 7. The molecular weight excluding hydrogens is 448 g/mol. The Kier molecular flexibility index (Phi) is 6.77. The van der Waals surface area contributed by atoms with E-state index in [0.29, 0.717) is 35.7 Å². The van der Waals surface area contributed by atoms with Crippen molar-refractivity contribution in [1.29, 1.82) is 0 Å². The standard InChI is InChI=1S/C24H23ClN2O4S/c1-15(16-5-3-2-4-6-16)11-21(28)27-10-9-19-24(32-14-26-19)23(27)18-12-17(25)7-8-20(18)31-13-22(29)30/h2-8,12,14-15,23H,9-11,13H2,1H3,(H,29,30). The van der Waals surface area contributed by atoms with Crippen LogP contribution in [0.4, 0.5) is 0 Å². The largest absolute Gasteiger partial charge is 0.482 e. The highest BCUT2D eigenvalue weighted by atomic mass is 35.5. The van der Waals surface area contributed by atoms with Crippen LogP contribution in [0.2, 0.25) is 5.02 Å². The van der Waals surface area contributed by atoms with Crippen LogP contribution in [0.3, 0.4) is 0 Å². The number of aromatic nitrogens is 1. The Balaban J connectivity index is 1.69. The van der Waals surface area contributed by atoms with Gasteiger partial charge in [0.15, 0.2) is 6.61 Å². The van der Waals surface area contributed by atoms with Crippen LogP contribution in [-0.2, 0) is 16.0 Å². The molecule has 0 aliphatic carbocycles. The van der Waals surface area contributed by atoms with Crippen molar-refractivity contribution in [2.75, 3.05) is 13.2 Å². The molecule has 0 bridgehead atoms. The quantitative estimate of drug-likeness (QED) is 0.529. The molecule has 1 N–H and O–H groups in total. The van der Waals surface area contributed by atoms with E-state index in [2.05, 4.69) is 4.98 Å². The maximum absolute atomic E-state index is 13.5. The van der Waals surface area contributed by atoms with Crippen LogP contribution in [0.15, 0.2) is 54.0 Å². The zero-order valence-corrected chi connectivity index (χ0v) is 19.1. The molecule has 0 radical (unpaired) electrons. The first-order valence-electron chi connectivity index (χ1n) is 10.3. The molecule has 0 fully saturated rings. The first-order chi connectivity index (χ1) is 15.4. The minimum absolute atomic E-state index is 0.0227. The molecule has 1 amide bonds. The second-order valence-corrected chi connectivity index (χ2v) is 9.11. The predicted octanol–water partition coefficient (Wildman–Crippen LogP) is 4.93. The molecule has 1 aliphatic heterocycles. The van der Waals surface area contributed by atoms with Crippen molar-refractivity contribution in [3.63, 3.8) is 0 Å². The Bertz CT molecular complexity index is 1120. The number of carboxylic acids is 1. The van der Waals surface area contributed by atoms with Gasteiger partial charge in [0.05, 0.1) is 22.1 Å². The first kappa shape index (κ1) is 22.3. The number of halogens is 1. The van der Waals surface area contributed by atoms with Crippen molar-refractivity contribution in [1.82, 2.24) is 9.88 Å². The number of amides is 1. The monoisotopic (exact) mass is 470 g/mol. The summed E-state index contributed by atoms with van der Waals surface area (Å²) < 4.78 is 5.56. The van der Waals surface area contributed by atoms with E-state index in [4.69, 9.17) is 21.4 Å². The average molecular weight is 471 g/mol. The fraction of sp³-hybridized carbons (Fsp3) is 0.292. The van der Waals surface area contributed by atoms with Gasteiger partial charge in [0.2, 0.25) is 5.91 Å². The number of aliphatic carboxylic acids is 1. The Morgan fingerprint density at radius 2 is 2.06 bits per heavy atom. The lowest BCUT2D eigenvalue weighted by Gasteiger charge is -2.36. The molecule has 0 saturated heterocycles. The molecule has 3 aromatic rings. The van der Waals surface area contributed by atoms with Crippen molar-refractivity contribution >= 4 is 34.8 Å². The van der Waals surface area contributed by atoms with E-state index in [1.165, 1.54) is 11.3 Å². The number of fused-ring (bicyclic) bond motifs is 1. The third-order valence-corrected chi connectivity index (χ3v) is 6.77. The topological polar surface area (TPSA) is 79.7 Å². The van der Waals surface area contributed by atoms with E-state index in [-0.39, 0.29) is 11.8 Å². The second-order valence-electron chi connectivity index (χ2n) is 7.78. The molecular formula is C24H23ClN2O4S. The Morgan fingerprint density at radius 3 is 2.81 bits per heavy atom. The summed E-state index contributed by atoms with van der Waals surface area (Å²) in [6.45, 7) is 2.09. The maximum atomic E-state index is 13.5. The number of hydrogen-bond donors (Lipinski definition) is 1. The van der Waals surface area contributed by atoms with Crippen LogP contribution < -0.4 is 4.74 Å². The highest BCUT2D eigenvalue weighted by Gasteiger charge is 2.36. The van der Waals surface area contributed by atoms with Crippen molar-refractivity contribution in [2.45, 2.75) is 31.7 Å². The fourth-order valence-electron chi connectivity index (χ4n) is 4.05. The van der Waals surface area contributed by atoms with Crippen LogP contribution in [0.25, 0.3) is 0 Å². The SMILES string of the molecule is CC(CC(=O)N1CCc2ncsc2C1c1cc(Cl)ccc1OCC(=O)O)c1ccccc1. The molecule has 2 heterocycles. The molecule has 6 nitrogen and oxygen atoms in total. The van der Waals surface area contributed by atoms with Crippen molar-refractivity contribution in [2.24, 2.45) is 0 Å². The summed E-state index contributed by atoms with van der Waals surface area (Å²) in [6.07, 6.45) is 1.03. The number of benzene rings is 2. The van der Waals surface area contributed by atoms with Gasteiger partial charge < -0.3 is 14.7 Å². The molecule has 0 saturated carbocycles. The lowest BCUT2D eigenvalue weighted by Crippen LogP contribution is -2.40. The fourth-order valence-corrected chi connectivity index (χ4v) is 5.19. The summed E-state index contributed by atoms with van der Waals surface area (Å²) in [4.78, 5) is 31.9. The zero-order valence-electron chi connectivity index (χ0n) is 17.5. The minimum Gasteiger partial charge on any atom is -0.482 e. The number of carbonyl (C=O) groups excluding carboxylic acids is 1. The van der Waals surface area contributed by atoms with Crippen molar-refractivity contribution in [3.05, 3.63) is 80.8 Å². The van der Waals surface area contributed by atoms with Crippen LogP contribution in [-0.4, -0.2) is 40.0 Å². The molecule has 1 aliphatic rings. The van der Waals surface area contributed by atoms with E-state index < -0.39 is 18.6 Å². The summed E-state index contributed by atoms with van der Waals surface area (Å²) in [7, 11) is 0. The van der Waals surface area contributed by atoms with Gasteiger partial charge in [-0.05, 0) is 29.7 Å². The summed E-state index contributed by atoms with van der Waals surface area (Å²) >= 11 is 7.79. The molecule has 8 heteroatoms. The Labute approximate surface area is 195 Å². The number of carbonyl (C=O) groups is 2. The van der Waals surface area contributed by atoms with Gasteiger partial charge in [-0.15, -0.1) is 11.3 Å². The van der Waals surface area contributed by atoms with E-state index in [0.717, 1.165) is 16.1 Å². The third-order valence-electron chi connectivity index (χ3n) is 5.61. The lowest BCUT2D eigenvalue weighted by molar-refractivity contribution is -0.139. The van der Waals surface area contributed by atoms with E-state index in [1.54, 1.807) is 23.7 Å². The van der Waals surface area contributed by atoms with Crippen LogP contribution in [0.5, 0.6) is 5.75 Å². The number of carboxylic acid groups (broad SMARTS) is 1.